The average molecular weight is 330 g/mol. The molecule has 1 saturated heterocycles. The summed E-state index contributed by atoms with van der Waals surface area (Å²) in [6.45, 7) is 5.56. The molecular formula is C18H22N2O4. The summed E-state index contributed by atoms with van der Waals surface area (Å²) >= 11 is 0. The molecule has 1 N–H and O–H groups in total. The van der Waals surface area contributed by atoms with Gasteiger partial charge in [0, 0.05) is 37.3 Å². The van der Waals surface area contributed by atoms with Gasteiger partial charge in [0.05, 0.1) is 11.8 Å². The minimum atomic E-state index is -0.882. The van der Waals surface area contributed by atoms with Crippen LogP contribution in [0.1, 0.15) is 31.9 Å². The summed E-state index contributed by atoms with van der Waals surface area (Å²) in [7, 11) is 0. The van der Waals surface area contributed by atoms with Crippen molar-refractivity contribution in [3.8, 4) is 0 Å². The molecule has 1 saturated carbocycles. The van der Waals surface area contributed by atoms with Gasteiger partial charge in [0.15, 0.2) is 0 Å². The van der Waals surface area contributed by atoms with E-state index >= 15 is 0 Å². The molecule has 1 aliphatic carbocycles. The lowest BCUT2D eigenvalue weighted by Crippen LogP contribution is -2.49. The summed E-state index contributed by atoms with van der Waals surface area (Å²) in [6, 6.07) is 5.33. The number of likely N-dealkylation sites (tertiary alicyclic amines) is 1. The highest BCUT2D eigenvalue weighted by Crippen LogP contribution is 2.59. The zero-order chi connectivity index (χ0) is 17.2. The normalized spacial score (nSPS) is 32.8. The maximum Gasteiger partial charge on any atom is 0.307 e. The van der Waals surface area contributed by atoms with Gasteiger partial charge in [0.2, 0.25) is 5.91 Å². The van der Waals surface area contributed by atoms with Crippen LogP contribution in [-0.4, -0.2) is 39.5 Å². The number of hydrogen-bond donors (Lipinski definition) is 1. The minimum Gasteiger partial charge on any atom is -0.481 e. The molecular weight excluding hydrogens is 308 g/mol. The van der Waals surface area contributed by atoms with Crippen LogP contribution in [0.4, 0.5) is 0 Å². The van der Waals surface area contributed by atoms with Gasteiger partial charge in [-0.3, -0.25) is 14.4 Å². The Balaban J connectivity index is 1.58. The van der Waals surface area contributed by atoms with Gasteiger partial charge < -0.3 is 14.6 Å². The molecule has 2 aliphatic heterocycles. The number of nitrogens with zero attached hydrogens (tertiary/aromatic N) is 2. The Labute approximate surface area is 140 Å². The van der Waals surface area contributed by atoms with Crippen molar-refractivity contribution in [2.24, 2.45) is 23.2 Å². The largest absolute Gasteiger partial charge is 0.481 e. The zero-order valence-corrected chi connectivity index (χ0v) is 13.9. The summed E-state index contributed by atoms with van der Waals surface area (Å²) in [5, 5.41) is 9.32. The Hall–Kier alpha value is -2.11. The third-order valence-corrected chi connectivity index (χ3v) is 6.15. The Morgan fingerprint density at radius 3 is 2.58 bits per heavy atom. The molecule has 0 spiro atoms. The second-order valence-corrected chi connectivity index (χ2v) is 8.06. The Morgan fingerprint density at radius 2 is 1.92 bits per heavy atom. The maximum atomic E-state index is 12.9. The van der Waals surface area contributed by atoms with Crippen molar-refractivity contribution in [3.63, 3.8) is 0 Å². The van der Waals surface area contributed by atoms with Gasteiger partial charge in [-0.1, -0.05) is 19.9 Å². The number of pyridine rings is 1. The Bertz CT molecular complexity index is 781. The monoisotopic (exact) mass is 330 g/mol. The SMILES string of the molecule is CC1(C)[C@@H](C(=O)O)[C@@H]1C(=O)N1C[C@@H]2C[C@@H](C1)c1cccc(=O)n1C2. The molecule has 0 aromatic carbocycles. The van der Waals surface area contributed by atoms with Crippen LogP contribution in [0.2, 0.25) is 0 Å². The first-order valence-electron chi connectivity index (χ1n) is 8.52. The number of aliphatic carboxylic acids is 1. The fraction of sp³-hybridized carbons (Fsp3) is 0.611. The van der Waals surface area contributed by atoms with Crippen molar-refractivity contribution < 1.29 is 14.7 Å². The lowest BCUT2D eigenvalue weighted by Gasteiger charge is -2.43. The van der Waals surface area contributed by atoms with Gasteiger partial charge in [0.25, 0.3) is 5.56 Å². The first kappa shape index (κ1) is 15.4. The van der Waals surface area contributed by atoms with E-state index in [1.807, 2.05) is 29.4 Å². The van der Waals surface area contributed by atoms with Gasteiger partial charge in [-0.2, -0.15) is 0 Å². The van der Waals surface area contributed by atoms with E-state index in [1.54, 1.807) is 12.1 Å². The van der Waals surface area contributed by atoms with Crippen LogP contribution < -0.4 is 5.56 Å². The number of rotatable bonds is 2. The van der Waals surface area contributed by atoms with E-state index in [0.717, 1.165) is 12.1 Å². The first-order chi connectivity index (χ1) is 11.3. The van der Waals surface area contributed by atoms with Crippen molar-refractivity contribution >= 4 is 11.9 Å². The molecule has 4 atom stereocenters. The fourth-order valence-electron chi connectivity index (χ4n) is 4.83. The highest BCUT2D eigenvalue weighted by Gasteiger charge is 2.66. The standard InChI is InChI=1S/C18H22N2O4/c1-18(2)14(15(18)17(23)24)16(22)19-7-10-6-11(9-19)12-4-3-5-13(21)20(12)8-10/h3-5,10-11,14-15H,6-9H2,1-2H3,(H,23,24)/t10-,11-,14+,15+/m0/s1. The second kappa shape index (κ2) is 4.94. The number of fused-ring (bicyclic) bond motifs is 4. The zero-order valence-electron chi connectivity index (χ0n) is 13.9. The van der Waals surface area contributed by atoms with Crippen molar-refractivity contribution in [1.82, 2.24) is 9.47 Å². The minimum absolute atomic E-state index is 0.0243. The fourth-order valence-corrected chi connectivity index (χ4v) is 4.83. The molecule has 4 rings (SSSR count). The van der Waals surface area contributed by atoms with Gasteiger partial charge in [0.1, 0.15) is 0 Å². The summed E-state index contributed by atoms with van der Waals surface area (Å²) in [6.07, 6.45) is 0.990. The van der Waals surface area contributed by atoms with Gasteiger partial charge in [-0.05, 0) is 23.8 Å². The summed E-state index contributed by atoms with van der Waals surface area (Å²) in [5.74, 6) is -1.49. The molecule has 1 aromatic rings. The van der Waals surface area contributed by atoms with E-state index in [4.69, 9.17) is 0 Å². The molecule has 2 fully saturated rings. The third kappa shape index (κ3) is 2.12. The molecule has 3 heterocycles. The number of piperidine rings is 1. The van der Waals surface area contributed by atoms with Gasteiger partial charge >= 0.3 is 5.97 Å². The van der Waals surface area contributed by atoms with Crippen LogP contribution >= 0.6 is 0 Å². The predicted molar refractivity (Wildman–Crippen MR) is 86.5 cm³/mol. The summed E-state index contributed by atoms with van der Waals surface area (Å²) in [4.78, 5) is 38.1. The number of carboxylic acids is 1. The van der Waals surface area contributed by atoms with Crippen LogP contribution in [0.15, 0.2) is 23.0 Å². The van der Waals surface area contributed by atoms with E-state index in [9.17, 15) is 19.5 Å². The maximum absolute atomic E-state index is 12.9. The van der Waals surface area contributed by atoms with E-state index in [2.05, 4.69) is 0 Å². The number of hydrogen-bond acceptors (Lipinski definition) is 3. The lowest BCUT2D eigenvalue weighted by molar-refractivity contribution is -0.142. The lowest BCUT2D eigenvalue weighted by atomic mass is 9.83. The number of aromatic nitrogens is 1. The Kier molecular flexibility index (Phi) is 3.18. The summed E-state index contributed by atoms with van der Waals surface area (Å²) < 4.78 is 1.84. The van der Waals surface area contributed by atoms with Crippen LogP contribution in [0, 0.1) is 23.2 Å². The van der Waals surface area contributed by atoms with E-state index < -0.39 is 23.2 Å². The topological polar surface area (TPSA) is 79.6 Å². The van der Waals surface area contributed by atoms with Crippen molar-refractivity contribution in [1.29, 1.82) is 0 Å². The van der Waals surface area contributed by atoms with Gasteiger partial charge in [-0.25, -0.2) is 0 Å². The molecule has 128 valence electrons. The molecule has 1 aromatic heterocycles. The highest BCUT2D eigenvalue weighted by atomic mass is 16.4. The molecule has 6 heteroatoms. The van der Waals surface area contributed by atoms with Crippen molar-refractivity contribution in [3.05, 3.63) is 34.2 Å². The van der Waals surface area contributed by atoms with Crippen LogP contribution in [0.5, 0.6) is 0 Å². The summed E-state index contributed by atoms with van der Waals surface area (Å²) in [5.41, 5.74) is 0.557. The molecule has 3 aliphatic rings. The van der Waals surface area contributed by atoms with Crippen LogP contribution in [0.25, 0.3) is 0 Å². The second-order valence-electron chi connectivity index (χ2n) is 8.06. The first-order valence-corrected chi connectivity index (χ1v) is 8.52. The molecule has 0 unspecified atom stereocenters. The number of carboxylic acid groups (broad SMARTS) is 1. The molecule has 1 amide bonds. The van der Waals surface area contributed by atoms with Crippen molar-refractivity contribution in [2.75, 3.05) is 13.1 Å². The molecule has 0 radical (unpaired) electrons. The number of carbonyl (C=O) groups excluding carboxylic acids is 1. The van der Waals surface area contributed by atoms with E-state index in [0.29, 0.717) is 19.6 Å². The van der Waals surface area contributed by atoms with Gasteiger partial charge in [-0.15, -0.1) is 0 Å². The third-order valence-electron chi connectivity index (χ3n) is 6.15. The highest BCUT2D eigenvalue weighted by molar-refractivity contribution is 5.91. The van der Waals surface area contributed by atoms with Crippen LogP contribution in [-0.2, 0) is 16.1 Å². The number of amides is 1. The molecule has 6 nitrogen and oxygen atoms in total. The average Bonchev–Trinajstić information content (AvgIpc) is 3.10. The quantitative estimate of drug-likeness (QED) is 0.882. The van der Waals surface area contributed by atoms with Crippen molar-refractivity contribution in [2.45, 2.75) is 32.7 Å². The molecule has 2 bridgehead atoms. The van der Waals surface area contributed by atoms with E-state index in [1.165, 1.54) is 0 Å². The number of carbonyl (C=O) groups is 2. The molecule has 24 heavy (non-hydrogen) atoms. The Morgan fingerprint density at radius 1 is 1.17 bits per heavy atom. The predicted octanol–water partition coefficient (Wildman–Crippen LogP) is 1.15. The smallest absolute Gasteiger partial charge is 0.307 e. The van der Waals surface area contributed by atoms with E-state index in [-0.39, 0.29) is 23.3 Å². The van der Waals surface area contributed by atoms with Crippen LogP contribution in [0.3, 0.4) is 0 Å².